The van der Waals surface area contributed by atoms with Crippen molar-refractivity contribution in [2.24, 2.45) is 0 Å². The molecule has 4 nitrogen and oxygen atoms in total. The minimum atomic E-state index is -0.403. The summed E-state index contributed by atoms with van der Waals surface area (Å²) in [6.45, 7) is 2.78. The molecule has 0 fully saturated rings. The molecule has 0 amide bonds. The molecule has 2 atom stereocenters. The van der Waals surface area contributed by atoms with E-state index in [4.69, 9.17) is 0 Å². The van der Waals surface area contributed by atoms with Gasteiger partial charge in [-0.15, -0.1) is 11.3 Å². The Kier molecular flexibility index (Phi) is 5.23. The highest BCUT2D eigenvalue weighted by molar-refractivity contribution is 7.10. The number of aromatic nitrogens is 2. The lowest BCUT2D eigenvalue weighted by atomic mass is 10.1. The average molecular weight is 327 g/mol. The van der Waals surface area contributed by atoms with Gasteiger partial charge >= 0.3 is 0 Å². The Morgan fingerprint density at radius 3 is 2.74 bits per heavy atom. The van der Waals surface area contributed by atoms with E-state index >= 15 is 0 Å². The second-order valence-corrected chi connectivity index (χ2v) is 6.62. The van der Waals surface area contributed by atoms with E-state index in [0.717, 1.165) is 16.3 Å². The van der Waals surface area contributed by atoms with Crippen LogP contribution in [-0.2, 0) is 6.54 Å². The first-order valence-electron chi connectivity index (χ1n) is 7.77. The van der Waals surface area contributed by atoms with E-state index in [9.17, 15) is 5.11 Å². The predicted molar refractivity (Wildman–Crippen MR) is 93.8 cm³/mol. The summed E-state index contributed by atoms with van der Waals surface area (Å²) in [4.78, 5) is 1.02. The second-order valence-electron chi connectivity index (χ2n) is 5.64. The fourth-order valence-electron chi connectivity index (χ4n) is 2.47. The molecule has 0 radical (unpaired) electrons. The van der Waals surface area contributed by atoms with Crippen LogP contribution in [0.2, 0.25) is 0 Å². The lowest BCUT2D eigenvalue weighted by molar-refractivity contribution is 0.157. The van der Waals surface area contributed by atoms with Crippen molar-refractivity contribution >= 4 is 11.3 Å². The Labute approximate surface area is 140 Å². The van der Waals surface area contributed by atoms with Gasteiger partial charge < -0.3 is 10.4 Å². The first-order valence-corrected chi connectivity index (χ1v) is 8.65. The van der Waals surface area contributed by atoms with Crippen molar-refractivity contribution in [1.29, 1.82) is 0 Å². The van der Waals surface area contributed by atoms with Crippen LogP contribution in [0.5, 0.6) is 0 Å². The van der Waals surface area contributed by atoms with E-state index in [-0.39, 0.29) is 6.04 Å². The number of thiophene rings is 1. The van der Waals surface area contributed by atoms with Gasteiger partial charge in [-0.3, -0.25) is 0 Å². The van der Waals surface area contributed by atoms with Crippen LogP contribution in [0.25, 0.3) is 5.69 Å². The minimum Gasteiger partial charge on any atom is -0.388 e. The Bertz CT molecular complexity index is 709. The quantitative estimate of drug-likeness (QED) is 0.698. The third-order valence-electron chi connectivity index (χ3n) is 3.75. The van der Waals surface area contributed by atoms with Crippen LogP contribution in [0.3, 0.4) is 0 Å². The van der Waals surface area contributed by atoms with Crippen LogP contribution in [-0.4, -0.2) is 20.9 Å². The molecule has 0 spiro atoms. The number of benzene rings is 1. The molecule has 2 unspecified atom stereocenters. The number of aliphatic hydroxyl groups is 1. The van der Waals surface area contributed by atoms with Gasteiger partial charge in [0, 0.05) is 23.7 Å². The third kappa shape index (κ3) is 4.28. The number of hydrogen-bond donors (Lipinski definition) is 2. The van der Waals surface area contributed by atoms with Gasteiger partial charge in [0.2, 0.25) is 0 Å². The van der Waals surface area contributed by atoms with E-state index in [1.807, 2.05) is 64.8 Å². The predicted octanol–water partition coefficient (Wildman–Crippen LogP) is 3.54. The molecule has 0 bridgehead atoms. The summed E-state index contributed by atoms with van der Waals surface area (Å²) in [5.74, 6) is 0. The Morgan fingerprint density at radius 2 is 2.00 bits per heavy atom. The summed E-state index contributed by atoms with van der Waals surface area (Å²) in [5, 5.41) is 20.2. The summed E-state index contributed by atoms with van der Waals surface area (Å²) >= 11 is 1.59. The van der Waals surface area contributed by atoms with Crippen LogP contribution in [0.4, 0.5) is 0 Å². The molecule has 3 aromatic rings. The van der Waals surface area contributed by atoms with Crippen LogP contribution >= 0.6 is 11.3 Å². The lowest BCUT2D eigenvalue weighted by Gasteiger charge is -2.16. The smallest absolute Gasteiger partial charge is 0.0896 e. The normalized spacial score (nSPS) is 13.8. The molecule has 2 N–H and O–H groups in total. The number of para-hydroxylation sites is 1. The topological polar surface area (TPSA) is 50.1 Å². The molecule has 0 saturated heterocycles. The molecule has 1 aromatic carbocycles. The summed E-state index contributed by atoms with van der Waals surface area (Å²) < 4.78 is 1.88. The first kappa shape index (κ1) is 15.9. The fourth-order valence-corrected chi connectivity index (χ4v) is 3.20. The van der Waals surface area contributed by atoms with Crippen LogP contribution < -0.4 is 5.32 Å². The molecule has 0 aliphatic carbocycles. The summed E-state index contributed by atoms with van der Waals surface area (Å²) in [6.07, 6.45) is 2.26. The average Bonchev–Trinajstić information content (AvgIpc) is 3.25. The molecule has 2 heterocycles. The van der Waals surface area contributed by atoms with Gasteiger partial charge in [-0.05, 0) is 43.0 Å². The minimum absolute atomic E-state index is 0.217. The highest BCUT2D eigenvalue weighted by Gasteiger charge is 2.13. The van der Waals surface area contributed by atoms with E-state index in [1.54, 1.807) is 11.3 Å². The largest absolute Gasteiger partial charge is 0.388 e. The monoisotopic (exact) mass is 327 g/mol. The maximum atomic E-state index is 10.2. The van der Waals surface area contributed by atoms with Crippen LogP contribution in [0, 0.1) is 0 Å². The highest BCUT2D eigenvalue weighted by Crippen LogP contribution is 2.22. The highest BCUT2D eigenvalue weighted by atomic mass is 32.1. The van der Waals surface area contributed by atoms with E-state index in [1.165, 1.54) is 0 Å². The number of hydrogen-bond acceptors (Lipinski definition) is 4. The van der Waals surface area contributed by atoms with Crippen molar-refractivity contribution < 1.29 is 5.11 Å². The van der Waals surface area contributed by atoms with Crippen LogP contribution in [0.1, 0.15) is 30.0 Å². The summed E-state index contributed by atoms with van der Waals surface area (Å²) in [7, 11) is 0. The third-order valence-corrected chi connectivity index (χ3v) is 4.72. The summed E-state index contributed by atoms with van der Waals surface area (Å²) in [5.41, 5.74) is 2.05. The SMILES string of the molecule is CC(CC(O)c1cccs1)NCc1ccn(-c2ccccc2)n1. The van der Waals surface area contributed by atoms with Gasteiger partial charge in [-0.1, -0.05) is 24.3 Å². The van der Waals surface area contributed by atoms with Gasteiger partial charge in [0.25, 0.3) is 0 Å². The van der Waals surface area contributed by atoms with Crippen molar-refractivity contribution in [1.82, 2.24) is 15.1 Å². The zero-order valence-corrected chi connectivity index (χ0v) is 13.9. The van der Waals surface area contributed by atoms with Gasteiger partial charge in [0.05, 0.1) is 17.5 Å². The molecule has 0 aliphatic heterocycles. The van der Waals surface area contributed by atoms with Crippen molar-refractivity contribution in [3.63, 3.8) is 0 Å². The molecule has 120 valence electrons. The van der Waals surface area contributed by atoms with Gasteiger partial charge in [-0.2, -0.15) is 5.10 Å². The van der Waals surface area contributed by atoms with E-state index < -0.39 is 6.10 Å². The summed E-state index contributed by atoms with van der Waals surface area (Å²) in [6, 6.07) is 16.2. The molecule has 3 rings (SSSR count). The lowest BCUT2D eigenvalue weighted by Crippen LogP contribution is -2.27. The van der Waals surface area contributed by atoms with Gasteiger partial charge in [-0.25, -0.2) is 4.68 Å². The molecule has 2 aromatic heterocycles. The molecular formula is C18H21N3OS. The molecular weight excluding hydrogens is 306 g/mol. The van der Waals surface area contributed by atoms with Crippen LogP contribution in [0.15, 0.2) is 60.1 Å². The maximum absolute atomic E-state index is 10.2. The van der Waals surface area contributed by atoms with Crippen molar-refractivity contribution in [3.05, 3.63) is 70.7 Å². The maximum Gasteiger partial charge on any atom is 0.0896 e. The van der Waals surface area contributed by atoms with E-state index in [0.29, 0.717) is 13.0 Å². The van der Waals surface area contributed by atoms with E-state index in [2.05, 4.69) is 17.3 Å². The Balaban J connectivity index is 1.51. The number of nitrogens with zero attached hydrogens (tertiary/aromatic N) is 2. The molecule has 0 saturated carbocycles. The zero-order valence-electron chi connectivity index (χ0n) is 13.1. The molecule has 23 heavy (non-hydrogen) atoms. The second kappa shape index (κ2) is 7.55. The van der Waals surface area contributed by atoms with Crippen molar-refractivity contribution in [3.8, 4) is 5.69 Å². The van der Waals surface area contributed by atoms with Crippen molar-refractivity contribution in [2.75, 3.05) is 0 Å². The standard InChI is InChI=1S/C18H21N3OS/c1-14(12-17(22)18-8-5-11-23-18)19-13-15-9-10-21(20-15)16-6-3-2-4-7-16/h2-11,14,17,19,22H,12-13H2,1H3. The fraction of sp³-hybridized carbons (Fsp3) is 0.278. The number of aliphatic hydroxyl groups excluding tert-OH is 1. The zero-order chi connectivity index (χ0) is 16.1. The van der Waals surface area contributed by atoms with Gasteiger partial charge in [0.15, 0.2) is 0 Å². The van der Waals surface area contributed by atoms with Gasteiger partial charge in [0.1, 0.15) is 0 Å². The number of rotatable bonds is 7. The molecule has 5 heteroatoms. The van der Waals surface area contributed by atoms with Crippen molar-refractivity contribution in [2.45, 2.75) is 32.0 Å². The number of nitrogens with one attached hydrogen (secondary N) is 1. The first-order chi connectivity index (χ1) is 11.2. The molecule has 0 aliphatic rings. The Morgan fingerprint density at radius 1 is 1.17 bits per heavy atom. The Hall–Kier alpha value is -1.95.